The van der Waals surface area contributed by atoms with Gasteiger partial charge in [0.15, 0.2) is 5.58 Å². The first-order chi connectivity index (χ1) is 13.2. The number of nitrogens with zero attached hydrogens (tertiary/aromatic N) is 3. The van der Waals surface area contributed by atoms with E-state index in [-0.39, 0.29) is 18.9 Å². The molecule has 1 N–H and O–H groups in total. The Kier molecular flexibility index (Phi) is 4.57. The summed E-state index contributed by atoms with van der Waals surface area (Å²) in [6, 6.07) is 15.1. The maximum absolute atomic E-state index is 12.1. The highest BCUT2D eigenvalue weighted by Crippen LogP contribution is 2.12. The van der Waals surface area contributed by atoms with Crippen molar-refractivity contribution in [3.05, 3.63) is 83.4 Å². The van der Waals surface area contributed by atoms with Crippen molar-refractivity contribution < 1.29 is 9.21 Å². The van der Waals surface area contributed by atoms with Crippen LogP contribution in [0.15, 0.2) is 76.5 Å². The Morgan fingerprint density at radius 1 is 1.11 bits per heavy atom. The molecule has 136 valence electrons. The van der Waals surface area contributed by atoms with E-state index in [1.807, 2.05) is 41.1 Å². The molecule has 0 aliphatic rings. The first-order valence-electron chi connectivity index (χ1n) is 8.63. The highest BCUT2D eigenvalue weighted by molar-refractivity contribution is 5.76. The molecule has 2 aromatic heterocycles. The molecule has 0 aliphatic carbocycles. The summed E-state index contributed by atoms with van der Waals surface area (Å²) in [5.74, 6) is -0.565. The van der Waals surface area contributed by atoms with Crippen LogP contribution >= 0.6 is 0 Å². The van der Waals surface area contributed by atoms with Crippen molar-refractivity contribution >= 4 is 17.0 Å². The van der Waals surface area contributed by atoms with Gasteiger partial charge in [0, 0.05) is 37.6 Å². The van der Waals surface area contributed by atoms with Crippen LogP contribution in [0.4, 0.5) is 0 Å². The van der Waals surface area contributed by atoms with Crippen LogP contribution in [-0.2, 0) is 17.9 Å². The van der Waals surface area contributed by atoms with Crippen molar-refractivity contribution in [2.75, 3.05) is 0 Å². The number of carbonyl (C=O) groups is 1. The van der Waals surface area contributed by atoms with Crippen molar-refractivity contribution in [3.8, 4) is 5.69 Å². The van der Waals surface area contributed by atoms with E-state index in [0.29, 0.717) is 17.6 Å². The minimum Gasteiger partial charge on any atom is -0.408 e. The number of hydrogen-bond acceptors (Lipinski definition) is 4. The number of rotatable bonds is 6. The number of nitrogens with one attached hydrogen (secondary N) is 1. The van der Waals surface area contributed by atoms with E-state index in [1.165, 1.54) is 4.57 Å². The predicted octanol–water partition coefficient (Wildman–Crippen LogP) is 2.49. The molecule has 2 heterocycles. The molecule has 7 nitrogen and oxygen atoms in total. The Labute approximate surface area is 154 Å². The summed E-state index contributed by atoms with van der Waals surface area (Å²) in [6.45, 7) is 0.714. The van der Waals surface area contributed by atoms with Gasteiger partial charge in [0.05, 0.1) is 11.8 Å². The number of hydrogen-bond donors (Lipinski definition) is 1. The fraction of sp³-hybridized carbons (Fsp3) is 0.150. The molecule has 4 aromatic rings. The minimum absolute atomic E-state index is 0.120. The second-order valence-corrected chi connectivity index (χ2v) is 6.15. The van der Waals surface area contributed by atoms with E-state index in [0.717, 1.165) is 11.3 Å². The number of oxazole rings is 1. The lowest BCUT2D eigenvalue weighted by atomic mass is 10.2. The molecule has 0 bridgehead atoms. The van der Waals surface area contributed by atoms with Crippen LogP contribution < -0.4 is 11.1 Å². The highest BCUT2D eigenvalue weighted by atomic mass is 16.4. The normalized spacial score (nSPS) is 11.0. The third-order valence-electron chi connectivity index (χ3n) is 4.36. The van der Waals surface area contributed by atoms with Gasteiger partial charge in [-0.1, -0.05) is 24.3 Å². The van der Waals surface area contributed by atoms with Gasteiger partial charge in [-0.05, 0) is 29.8 Å². The number of para-hydroxylation sites is 2. The molecule has 0 radical (unpaired) electrons. The van der Waals surface area contributed by atoms with Gasteiger partial charge in [-0.2, -0.15) is 0 Å². The number of imidazole rings is 1. The Morgan fingerprint density at radius 3 is 2.70 bits per heavy atom. The van der Waals surface area contributed by atoms with Crippen molar-refractivity contribution in [2.45, 2.75) is 19.5 Å². The number of fused-ring (bicyclic) bond motifs is 1. The van der Waals surface area contributed by atoms with E-state index in [9.17, 15) is 9.59 Å². The van der Waals surface area contributed by atoms with Crippen LogP contribution in [-0.4, -0.2) is 20.0 Å². The summed E-state index contributed by atoms with van der Waals surface area (Å²) in [5.41, 5.74) is 3.23. The molecule has 4 rings (SSSR count). The molecule has 0 atom stereocenters. The van der Waals surface area contributed by atoms with Crippen molar-refractivity contribution in [3.63, 3.8) is 0 Å². The van der Waals surface area contributed by atoms with Crippen LogP contribution in [0.25, 0.3) is 16.8 Å². The number of carbonyl (C=O) groups excluding carboxylic acids is 1. The second-order valence-electron chi connectivity index (χ2n) is 6.15. The van der Waals surface area contributed by atoms with E-state index in [4.69, 9.17) is 4.42 Å². The summed E-state index contributed by atoms with van der Waals surface area (Å²) >= 11 is 0. The lowest BCUT2D eigenvalue weighted by Crippen LogP contribution is -2.25. The third-order valence-corrected chi connectivity index (χ3v) is 4.36. The quantitative estimate of drug-likeness (QED) is 0.571. The zero-order valence-electron chi connectivity index (χ0n) is 14.5. The molecule has 0 aliphatic heterocycles. The average molecular weight is 362 g/mol. The fourth-order valence-electron chi connectivity index (χ4n) is 2.93. The largest absolute Gasteiger partial charge is 0.419 e. The van der Waals surface area contributed by atoms with Gasteiger partial charge in [0.25, 0.3) is 0 Å². The molecule has 27 heavy (non-hydrogen) atoms. The lowest BCUT2D eigenvalue weighted by molar-refractivity contribution is -0.121. The topological polar surface area (TPSA) is 82.1 Å². The van der Waals surface area contributed by atoms with Gasteiger partial charge in [-0.3, -0.25) is 9.36 Å². The number of amides is 1. The van der Waals surface area contributed by atoms with Crippen LogP contribution in [0.2, 0.25) is 0 Å². The van der Waals surface area contributed by atoms with E-state index >= 15 is 0 Å². The lowest BCUT2D eigenvalue weighted by Gasteiger charge is -2.07. The van der Waals surface area contributed by atoms with Gasteiger partial charge in [-0.25, -0.2) is 9.78 Å². The van der Waals surface area contributed by atoms with Crippen molar-refractivity contribution in [2.24, 2.45) is 0 Å². The smallest absolute Gasteiger partial charge is 0.408 e. The summed E-state index contributed by atoms with van der Waals surface area (Å²) in [4.78, 5) is 28.1. The molecule has 0 fully saturated rings. The van der Waals surface area contributed by atoms with Crippen LogP contribution in [0.3, 0.4) is 0 Å². The zero-order chi connectivity index (χ0) is 18.6. The van der Waals surface area contributed by atoms with E-state index in [1.54, 1.807) is 30.7 Å². The Hall–Kier alpha value is -3.61. The monoisotopic (exact) mass is 362 g/mol. The summed E-state index contributed by atoms with van der Waals surface area (Å²) < 4.78 is 8.56. The average Bonchev–Trinajstić information content (AvgIpc) is 3.33. The van der Waals surface area contributed by atoms with Gasteiger partial charge >= 0.3 is 5.76 Å². The number of aryl methyl sites for hydroxylation is 1. The summed E-state index contributed by atoms with van der Waals surface area (Å²) in [7, 11) is 0. The second kappa shape index (κ2) is 7.33. The standard InChI is InChI=1S/C20H18N4O3/c25-19(9-11-24-17-3-1-2-4-18(17)27-20(24)26)22-13-15-5-7-16(8-6-15)23-12-10-21-14-23/h1-8,10,12,14H,9,11,13H2,(H,22,25). The van der Waals surface area contributed by atoms with Crippen LogP contribution in [0.1, 0.15) is 12.0 Å². The molecule has 0 saturated heterocycles. The summed E-state index contributed by atoms with van der Waals surface area (Å²) in [5, 5.41) is 2.88. The first kappa shape index (κ1) is 16.8. The summed E-state index contributed by atoms with van der Waals surface area (Å²) in [6.07, 6.45) is 5.54. The molecule has 7 heteroatoms. The highest BCUT2D eigenvalue weighted by Gasteiger charge is 2.10. The van der Waals surface area contributed by atoms with Crippen molar-refractivity contribution in [1.29, 1.82) is 0 Å². The van der Waals surface area contributed by atoms with Crippen molar-refractivity contribution in [1.82, 2.24) is 19.4 Å². The Morgan fingerprint density at radius 2 is 1.93 bits per heavy atom. The molecule has 1 amide bonds. The molecular weight excluding hydrogens is 344 g/mol. The van der Waals surface area contributed by atoms with Crippen LogP contribution in [0, 0.1) is 0 Å². The Balaban J connectivity index is 1.33. The number of benzene rings is 2. The maximum atomic E-state index is 12.1. The molecule has 0 spiro atoms. The SMILES string of the molecule is O=C(CCn1c(=O)oc2ccccc21)NCc1ccc(-n2ccnc2)cc1. The molecular formula is C20H18N4O3. The van der Waals surface area contributed by atoms with E-state index < -0.39 is 5.76 Å². The minimum atomic E-state index is -0.445. The molecule has 0 saturated carbocycles. The zero-order valence-corrected chi connectivity index (χ0v) is 14.5. The van der Waals surface area contributed by atoms with E-state index in [2.05, 4.69) is 10.3 Å². The first-order valence-corrected chi connectivity index (χ1v) is 8.63. The Bertz CT molecular complexity index is 1110. The molecule has 0 unspecified atom stereocenters. The molecule has 2 aromatic carbocycles. The number of aromatic nitrogens is 3. The third kappa shape index (κ3) is 3.67. The van der Waals surface area contributed by atoms with Gasteiger partial charge in [0.1, 0.15) is 0 Å². The van der Waals surface area contributed by atoms with Gasteiger partial charge < -0.3 is 14.3 Å². The predicted molar refractivity (Wildman–Crippen MR) is 101 cm³/mol. The maximum Gasteiger partial charge on any atom is 0.419 e. The van der Waals surface area contributed by atoms with Gasteiger partial charge in [0.2, 0.25) is 5.91 Å². The van der Waals surface area contributed by atoms with Crippen LogP contribution in [0.5, 0.6) is 0 Å². The fourth-order valence-corrected chi connectivity index (χ4v) is 2.93. The van der Waals surface area contributed by atoms with Gasteiger partial charge in [-0.15, -0.1) is 0 Å².